The lowest BCUT2D eigenvalue weighted by atomic mass is 10.3. The van der Waals surface area contributed by atoms with Gasteiger partial charge < -0.3 is 0 Å². The van der Waals surface area contributed by atoms with Crippen LogP contribution < -0.4 is 4.72 Å². The number of nitro groups is 1. The van der Waals surface area contributed by atoms with Gasteiger partial charge in [-0.1, -0.05) is 33.6 Å². The molecular formula is C12H8BrClN2O4S. The number of hydrogen-bond acceptors (Lipinski definition) is 4. The lowest BCUT2D eigenvalue weighted by Crippen LogP contribution is -2.13. The minimum absolute atomic E-state index is 0.0475. The fourth-order valence-electron chi connectivity index (χ4n) is 1.54. The monoisotopic (exact) mass is 390 g/mol. The van der Waals surface area contributed by atoms with E-state index in [1.54, 1.807) is 12.1 Å². The average Bonchev–Trinajstić information content (AvgIpc) is 2.40. The van der Waals surface area contributed by atoms with Gasteiger partial charge in [0, 0.05) is 16.6 Å². The fraction of sp³-hybridized carbons (Fsp3) is 0. The molecule has 9 heteroatoms. The van der Waals surface area contributed by atoms with Crippen LogP contribution in [0.25, 0.3) is 0 Å². The summed E-state index contributed by atoms with van der Waals surface area (Å²) in [6, 6.07) is 9.63. The Morgan fingerprint density at radius 2 is 1.90 bits per heavy atom. The average molecular weight is 392 g/mol. The maximum absolute atomic E-state index is 12.2. The quantitative estimate of drug-likeness (QED) is 0.634. The molecule has 0 aliphatic carbocycles. The Morgan fingerprint density at radius 1 is 1.19 bits per heavy atom. The van der Waals surface area contributed by atoms with Crippen molar-refractivity contribution in [1.82, 2.24) is 0 Å². The van der Waals surface area contributed by atoms with Crippen molar-refractivity contribution < 1.29 is 13.3 Å². The van der Waals surface area contributed by atoms with Gasteiger partial charge >= 0.3 is 0 Å². The molecule has 0 bridgehead atoms. The number of halogens is 2. The van der Waals surface area contributed by atoms with Gasteiger partial charge in [-0.2, -0.15) is 0 Å². The van der Waals surface area contributed by atoms with Crippen LogP contribution in [0.1, 0.15) is 0 Å². The van der Waals surface area contributed by atoms with Gasteiger partial charge in [-0.05, 0) is 24.3 Å². The molecule has 2 aromatic rings. The highest BCUT2D eigenvalue weighted by Crippen LogP contribution is 2.29. The Labute approximate surface area is 134 Å². The van der Waals surface area contributed by atoms with Gasteiger partial charge in [-0.3, -0.25) is 14.8 Å². The SMILES string of the molecule is O=[N+]([O-])c1ccc(NS(=O)(=O)c2cccc(Br)c2)c(Cl)c1. The van der Waals surface area contributed by atoms with Crippen molar-refractivity contribution in [2.45, 2.75) is 4.90 Å². The maximum atomic E-state index is 12.2. The maximum Gasteiger partial charge on any atom is 0.271 e. The third-order valence-electron chi connectivity index (χ3n) is 2.51. The van der Waals surface area contributed by atoms with Crippen molar-refractivity contribution in [1.29, 1.82) is 0 Å². The van der Waals surface area contributed by atoms with Gasteiger partial charge in [0.15, 0.2) is 0 Å². The summed E-state index contributed by atoms with van der Waals surface area (Å²) in [6.45, 7) is 0. The number of hydrogen-bond donors (Lipinski definition) is 1. The molecule has 2 aromatic carbocycles. The van der Waals surface area contributed by atoms with Crippen LogP contribution in [0, 0.1) is 10.1 Å². The van der Waals surface area contributed by atoms with Crippen molar-refractivity contribution in [2.75, 3.05) is 4.72 Å². The Morgan fingerprint density at radius 3 is 2.48 bits per heavy atom. The topological polar surface area (TPSA) is 89.3 Å². The smallest absolute Gasteiger partial charge is 0.271 e. The Balaban J connectivity index is 2.35. The van der Waals surface area contributed by atoms with Gasteiger partial charge in [0.25, 0.3) is 15.7 Å². The molecule has 0 atom stereocenters. The summed E-state index contributed by atoms with van der Waals surface area (Å²) >= 11 is 9.04. The number of nitrogens with one attached hydrogen (secondary N) is 1. The molecule has 6 nitrogen and oxygen atoms in total. The molecule has 1 N–H and O–H groups in total. The Bertz CT molecular complexity index is 811. The Hall–Kier alpha value is -1.64. The number of nitrogens with zero attached hydrogens (tertiary/aromatic N) is 1. The fourth-order valence-corrected chi connectivity index (χ4v) is 3.49. The van der Waals surface area contributed by atoms with Crippen LogP contribution in [0.15, 0.2) is 51.8 Å². The minimum atomic E-state index is -3.83. The zero-order chi connectivity index (χ0) is 15.6. The molecule has 0 saturated carbocycles. The van der Waals surface area contributed by atoms with Crippen LogP contribution in [-0.2, 0) is 10.0 Å². The molecule has 0 aliphatic rings. The summed E-state index contributed by atoms with van der Waals surface area (Å²) in [4.78, 5) is 10.0. The number of nitro benzene ring substituents is 1. The second-order valence-corrected chi connectivity index (χ2v) is 6.99. The van der Waals surface area contributed by atoms with E-state index in [1.807, 2.05) is 0 Å². The second kappa shape index (κ2) is 6.00. The molecule has 0 aliphatic heterocycles. The van der Waals surface area contributed by atoms with Gasteiger partial charge in [0.05, 0.1) is 20.5 Å². The second-order valence-electron chi connectivity index (χ2n) is 3.98. The first-order chi connectivity index (χ1) is 9.79. The number of benzene rings is 2. The molecule has 0 radical (unpaired) electrons. The first kappa shape index (κ1) is 15.7. The van der Waals surface area contributed by atoms with Crippen LogP contribution in [-0.4, -0.2) is 13.3 Å². The van der Waals surface area contributed by atoms with Crippen molar-refractivity contribution in [3.05, 3.63) is 62.1 Å². The molecule has 110 valence electrons. The summed E-state index contributed by atoms with van der Waals surface area (Å²) < 4.78 is 27.3. The first-order valence-corrected chi connectivity index (χ1v) is 8.17. The molecule has 0 aromatic heterocycles. The van der Waals surface area contributed by atoms with Crippen molar-refractivity contribution in [3.8, 4) is 0 Å². The van der Waals surface area contributed by atoms with Gasteiger partial charge in [-0.15, -0.1) is 0 Å². The van der Waals surface area contributed by atoms with Crippen LogP contribution in [0.3, 0.4) is 0 Å². The standard InChI is InChI=1S/C12H8BrClN2O4S/c13-8-2-1-3-10(6-8)21(19,20)15-12-5-4-9(16(17)18)7-11(12)14/h1-7,15H. The Kier molecular flexibility index (Phi) is 4.50. The normalized spacial score (nSPS) is 11.1. The van der Waals surface area contributed by atoms with Crippen molar-refractivity contribution >= 4 is 48.9 Å². The molecule has 0 fully saturated rings. The van der Waals surface area contributed by atoms with E-state index in [0.717, 1.165) is 6.07 Å². The minimum Gasteiger partial charge on any atom is -0.278 e. The summed E-state index contributed by atoms with van der Waals surface area (Å²) in [5.74, 6) is 0. The van der Waals surface area contributed by atoms with Gasteiger partial charge in [0.2, 0.25) is 0 Å². The van der Waals surface area contributed by atoms with E-state index in [2.05, 4.69) is 20.7 Å². The zero-order valence-electron chi connectivity index (χ0n) is 10.3. The predicted octanol–water partition coefficient (Wildman–Crippen LogP) is 3.81. The lowest BCUT2D eigenvalue weighted by Gasteiger charge is -2.09. The number of anilines is 1. The summed E-state index contributed by atoms with van der Waals surface area (Å²) in [5.41, 5.74) is -0.146. The third kappa shape index (κ3) is 3.72. The lowest BCUT2D eigenvalue weighted by molar-refractivity contribution is -0.384. The van der Waals surface area contributed by atoms with Crippen LogP contribution in [0.4, 0.5) is 11.4 Å². The molecule has 0 amide bonds. The van der Waals surface area contributed by atoms with E-state index in [-0.39, 0.29) is 21.3 Å². The van der Waals surface area contributed by atoms with E-state index in [4.69, 9.17) is 11.6 Å². The molecule has 0 unspecified atom stereocenters. The van der Waals surface area contributed by atoms with Crippen LogP contribution >= 0.6 is 27.5 Å². The zero-order valence-corrected chi connectivity index (χ0v) is 13.4. The molecule has 0 saturated heterocycles. The highest BCUT2D eigenvalue weighted by Gasteiger charge is 2.17. The number of rotatable bonds is 4. The highest BCUT2D eigenvalue weighted by atomic mass is 79.9. The van der Waals surface area contributed by atoms with Gasteiger partial charge in [0.1, 0.15) is 0 Å². The molecule has 2 rings (SSSR count). The van der Waals surface area contributed by atoms with E-state index in [0.29, 0.717) is 4.47 Å². The van der Waals surface area contributed by atoms with E-state index >= 15 is 0 Å². The summed E-state index contributed by atoms with van der Waals surface area (Å²) in [5, 5.41) is 10.6. The van der Waals surface area contributed by atoms with Crippen LogP contribution in [0.2, 0.25) is 5.02 Å². The largest absolute Gasteiger partial charge is 0.278 e. The molecular weight excluding hydrogens is 384 g/mol. The molecule has 21 heavy (non-hydrogen) atoms. The van der Waals surface area contributed by atoms with E-state index in [9.17, 15) is 18.5 Å². The predicted molar refractivity (Wildman–Crippen MR) is 83.1 cm³/mol. The van der Waals surface area contributed by atoms with E-state index in [1.165, 1.54) is 24.3 Å². The van der Waals surface area contributed by atoms with Crippen LogP contribution in [0.5, 0.6) is 0 Å². The van der Waals surface area contributed by atoms with Gasteiger partial charge in [-0.25, -0.2) is 8.42 Å². The number of non-ortho nitro benzene ring substituents is 1. The highest BCUT2D eigenvalue weighted by molar-refractivity contribution is 9.10. The summed E-state index contributed by atoms with van der Waals surface area (Å²) in [6.07, 6.45) is 0. The summed E-state index contributed by atoms with van der Waals surface area (Å²) in [7, 11) is -3.83. The molecule has 0 spiro atoms. The van der Waals surface area contributed by atoms with Crippen molar-refractivity contribution in [2.24, 2.45) is 0 Å². The third-order valence-corrected chi connectivity index (χ3v) is 4.68. The number of sulfonamides is 1. The first-order valence-electron chi connectivity index (χ1n) is 5.52. The van der Waals surface area contributed by atoms with E-state index < -0.39 is 14.9 Å². The van der Waals surface area contributed by atoms with Crippen molar-refractivity contribution in [3.63, 3.8) is 0 Å². The molecule has 0 heterocycles.